The molecule has 166 valence electrons. The van der Waals surface area contributed by atoms with Crippen molar-refractivity contribution in [2.45, 2.75) is 0 Å². The molecule has 2 aliphatic heterocycles. The molecule has 1 saturated heterocycles. The summed E-state index contributed by atoms with van der Waals surface area (Å²) in [5.74, 6) is 1.60. The molecule has 0 saturated carbocycles. The Morgan fingerprint density at radius 1 is 1.22 bits per heavy atom. The largest absolute Gasteiger partial charge is 0.493 e. The predicted molar refractivity (Wildman–Crippen MR) is 124 cm³/mol. The van der Waals surface area contributed by atoms with Crippen LogP contribution in [0.5, 0.6) is 23.0 Å². The van der Waals surface area contributed by atoms with E-state index in [0.717, 1.165) is 5.56 Å². The zero-order valence-corrected chi connectivity index (χ0v) is 19.0. The topological polar surface area (TPSA) is 86.3 Å². The van der Waals surface area contributed by atoms with Gasteiger partial charge in [0.05, 0.1) is 24.7 Å². The summed E-state index contributed by atoms with van der Waals surface area (Å²) in [6, 6.07) is 10.5. The maximum Gasteiger partial charge on any atom is 0.266 e. The highest BCUT2D eigenvalue weighted by Crippen LogP contribution is 2.36. The zero-order valence-electron chi connectivity index (χ0n) is 17.4. The molecule has 0 radical (unpaired) electrons. The number of para-hydroxylation sites is 1. The van der Waals surface area contributed by atoms with E-state index < -0.39 is 0 Å². The Bertz CT molecular complexity index is 1120. The highest BCUT2D eigenvalue weighted by atomic mass is 32.2. The molecule has 0 spiro atoms. The molecule has 2 aliphatic rings. The molecule has 2 heterocycles. The van der Waals surface area contributed by atoms with Crippen LogP contribution < -0.4 is 24.3 Å². The number of fused-ring (bicyclic) bond motifs is 1. The van der Waals surface area contributed by atoms with Crippen molar-refractivity contribution in [1.29, 1.82) is 0 Å². The molecule has 0 aromatic heterocycles. The second-order valence-electron chi connectivity index (χ2n) is 6.74. The Kier molecular flexibility index (Phi) is 6.52. The van der Waals surface area contributed by atoms with Gasteiger partial charge in [0, 0.05) is 13.1 Å². The van der Waals surface area contributed by atoms with Crippen molar-refractivity contribution in [3.05, 3.63) is 52.4 Å². The number of amides is 2. The van der Waals surface area contributed by atoms with E-state index >= 15 is 0 Å². The molecule has 32 heavy (non-hydrogen) atoms. The summed E-state index contributed by atoms with van der Waals surface area (Å²) in [5.41, 5.74) is 1.16. The minimum atomic E-state index is -0.331. The molecule has 0 unspecified atom stereocenters. The number of carbonyl (C=O) groups excluding carboxylic acids is 2. The van der Waals surface area contributed by atoms with E-state index in [4.69, 9.17) is 31.2 Å². The first-order valence-electron chi connectivity index (χ1n) is 9.66. The summed E-state index contributed by atoms with van der Waals surface area (Å²) in [6.45, 7) is 0.665. The molecule has 10 heteroatoms. The van der Waals surface area contributed by atoms with Crippen LogP contribution in [-0.4, -0.2) is 55.1 Å². The van der Waals surface area contributed by atoms with Crippen LogP contribution >= 0.6 is 24.0 Å². The Labute approximate surface area is 194 Å². The van der Waals surface area contributed by atoms with Gasteiger partial charge in [0.15, 0.2) is 23.0 Å². The molecular formula is C22H20N2O6S2. The predicted octanol–water partition coefficient (Wildman–Crippen LogP) is 3.06. The lowest BCUT2D eigenvalue weighted by Crippen LogP contribution is -2.37. The van der Waals surface area contributed by atoms with Crippen LogP contribution in [0, 0.1) is 0 Å². The number of thioether (sulfide) groups is 1. The second kappa shape index (κ2) is 9.49. The normalized spacial score (nSPS) is 15.9. The second-order valence-corrected chi connectivity index (χ2v) is 8.42. The number of nitrogens with zero attached hydrogens (tertiary/aromatic N) is 1. The Hall–Kier alpha value is -3.24. The number of benzene rings is 2. The summed E-state index contributed by atoms with van der Waals surface area (Å²) >= 11 is 6.59. The standard InChI is InChI=1S/C22H20N2O6S2/c1-27-16-5-3-4-14(19(16)28-2)20(25)23-8-9-24-21(26)18(32-22(24)31)11-13-6-7-15-17(10-13)30-12-29-15/h3-7,10-11H,8-9,12H2,1-2H3,(H,23,25). The number of thiocarbonyl (C=S) groups is 1. The molecule has 1 N–H and O–H groups in total. The fraction of sp³-hybridized carbons (Fsp3) is 0.227. The van der Waals surface area contributed by atoms with Crippen molar-refractivity contribution in [3.8, 4) is 23.0 Å². The van der Waals surface area contributed by atoms with Gasteiger partial charge in [0.25, 0.3) is 11.8 Å². The minimum Gasteiger partial charge on any atom is -0.493 e. The Morgan fingerprint density at radius 2 is 2.03 bits per heavy atom. The van der Waals surface area contributed by atoms with Crippen LogP contribution in [-0.2, 0) is 4.79 Å². The first-order valence-corrected chi connectivity index (χ1v) is 10.9. The van der Waals surface area contributed by atoms with Gasteiger partial charge in [-0.3, -0.25) is 14.5 Å². The lowest BCUT2D eigenvalue weighted by Gasteiger charge is -2.16. The van der Waals surface area contributed by atoms with Crippen LogP contribution in [0.4, 0.5) is 0 Å². The molecule has 0 atom stereocenters. The molecule has 1 fully saturated rings. The van der Waals surface area contributed by atoms with Crippen molar-refractivity contribution >= 4 is 46.2 Å². The fourth-order valence-corrected chi connectivity index (χ4v) is 4.60. The molecule has 2 amide bonds. The monoisotopic (exact) mass is 472 g/mol. The van der Waals surface area contributed by atoms with E-state index in [1.807, 2.05) is 12.1 Å². The SMILES string of the molecule is COc1cccc(C(=O)NCCN2C(=O)C(=Cc3ccc4c(c3)OCO4)SC2=S)c1OC. The highest BCUT2D eigenvalue weighted by Gasteiger charge is 2.32. The van der Waals surface area contributed by atoms with Crippen LogP contribution in [0.1, 0.15) is 15.9 Å². The van der Waals surface area contributed by atoms with Crippen LogP contribution in [0.25, 0.3) is 6.08 Å². The number of rotatable bonds is 7. The third-order valence-corrected chi connectivity index (χ3v) is 6.21. The number of hydrogen-bond acceptors (Lipinski definition) is 8. The molecular weight excluding hydrogens is 452 g/mol. The van der Waals surface area contributed by atoms with E-state index in [2.05, 4.69) is 5.32 Å². The van der Waals surface area contributed by atoms with Crippen molar-refractivity contribution in [2.24, 2.45) is 0 Å². The fourth-order valence-electron chi connectivity index (χ4n) is 3.29. The van der Waals surface area contributed by atoms with Crippen molar-refractivity contribution in [3.63, 3.8) is 0 Å². The summed E-state index contributed by atoms with van der Waals surface area (Å²) in [5, 5.41) is 2.80. The molecule has 2 aromatic carbocycles. The summed E-state index contributed by atoms with van der Waals surface area (Å²) in [4.78, 5) is 27.4. The quantitative estimate of drug-likeness (QED) is 0.486. The molecule has 8 nitrogen and oxygen atoms in total. The lowest BCUT2D eigenvalue weighted by atomic mass is 10.1. The van der Waals surface area contributed by atoms with Crippen LogP contribution in [0.2, 0.25) is 0 Å². The number of carbonyl (C=O) groups is 2. The van der Waals surface area contributed by atoms with Gasteiger partial charge in [-0.15, -0.1) is 0 Å². The molecule has 0 bridgehead atoms. The molecule has 2 aromatic rings. The summed E-state index contributed by atoms with van der Waals surface area (Å²) < 4.78 is 21.7. The Morgan fingerprint density at radius 3 is 2.81 bits per heavy atom. The maximum absolute atomic E-state index is 12.8. The van der Waals surface area contributed by atoms with Crippen LogP contribution in [0.3, 0.4) is 0 Å². The summed E-state index contributed by atoms with van der Waals surface area (Å²) in [7, 11) is 2.98. The highest BCUT2D eigenvalue weighted by molar-refractivity contribution is 8.26. The van der Waals surface area contributed by atoms with E-state index in [0.29, 0.717) is 37.8 Å². The molecule has 4 rings (SSSR count). The van der Waals surface area contributed by atoms with E-state index in [9.17, 15) is 9.59 Å². The van der Waals surface area contributed by atoms with E-state index in [-0.39, 0.29) is 31.7 Å². The third-order valence-electron chi connectivity index (χ3n) is 4.84. The number of nitrogens with one attached hydrogen (secondary N) is 1. The first kappa shape index (κ1) is 22.0. The van der Waals surface area contributed by atoms with Gasteiger partial charge in [-0.25, -0.2) is 0 Å². The van der Waals surface area contributed by atoms with E-state index in [1.165, 1.54) is 30.9 Å². The van der Waals surface area contributed by atoms with Gasteiger partial charge in [-0.05, 0) is 35.9 Å². The van der Waals surface area contributed by atoms with Crippen molar-refractivity contribution in [1.82, 2.24) is 10.2 Å². The van der Waals surface area contributed by atoms with Gasteiger partial charge in [-0.1, -0.05) is 36.1 Å². The third kappa shape index (κ3) is 4.37. The number of ether oxygens (including phenoxy) is 4. The van der Waals surface area contributed by atoms with Gasteiger partial charge < -0.3 is 24.3 Å². The van der Waals surface area contributed by atoms with E-state index in [1.54, 1.807) is 30.3 Å². The average Bonchev–Trinajstić information content (AvgIpc) is 3.37. The smallest absolute Gasteiger partial charge is 0.266 e. The van der Waals surface area contributed by atoms with Crippen LogP contribution in [0.15, 0.2) is 41.3 Å². The number of methoxy groups -OCH3 is 2. The zero-order chi connectivity index (χ0) is 22.7. The van der Waals surface area contributed by atoms with Gasteiger partial charge >= 0.3 is 0 Å². The van der Waals surface area contributed by atoms with Gasteiger partial charge in [0.1, 0.15) is 4.32 Å². The lowest BCUT2D eigenvalue weighted by molar-refractivity contribution is -0.122. The molecule has 0 aliphatic carbocycles. The van der Waals surface area contributed by atoms with Crippen molar-refractivity contribution in [2.75, 3.05) is 34.1 Å². The first-order chi connectivity index (χ1) is 15.5. The average molecular weight is 473 g/mol. The maximum atomic E-state index is 12.8. The Balaban J connectivity index is 1.39. The van der Waals surface area contributed by atoms with Gasteiger partial charge in [0.2, 0.25) is 6.79 Å². The van der Waals surface area contributed by atoms with Gasteiger partial charge in [-0.2, -0.15) is 0 Å². The van der Waals surface area contributed by atoms with Crippen molar-refractivity contribution < 1.29 is 28.5 Å². The number of hydrogen-bond donors (Lipinski definition) is 1. The minimum absolute atomic E-state index is 0.189. The summed E-state index contributed by atoms with van der Waals surface area (Å²) in [6.07, 6.45) is 1.76.